The Hall–Kier alpha value is -1.90. The Morgan fingerprint density at radius 3 is 1.81 bits per heavy atom. The van der Waals surface area contributed by atoms with Crippen molar-refractivity contribution in [3.8, 4) is 12.1 Å². The van der Waals surface area contributed by atoms with Gasteiger partial charge in [-0.3, -0.25) is 9.59 Å². The lowest BCUT2D eigenvalue weighted by atomic mass is 10.4. The van der Waals surface area contributed by atoms with Crippen molar-refractivity contribution >= 4 is 23.5 Å². The van der Waals surface area contributed by atoms with Crippen LogP contribution in [0, 0.1) is 22.7 Å². The highest BCUT2D eigenvalue weighted by molar-refractivity contribution is 8.09. The molecule has 0 saturated heterocycles. The molecule has 0 atom stereocenters. The summed E-state index contributed by atoms with van der Waals surface area (Å²) in [6.07, 6.45) is 0.723. The molecule has 0 radical (unpaired) electrons. The Morgan fingerprint density at radius 2 is 1.43 bits per heavy atom. The molecule has 2 rings (SSSR count). The zero-order chi connectivity index (χ0) is 15.6. The Morgan fingerprint density at radius 1 is 0.952 bits per heavy atom. The number of nitrogens with zero attached hydrogens (tertiary/aromatic N) is 4. The molecule has 108 valence electrons. The van der Waals surface area contributed by atoms with Gasteiger partial charge < -0.3 is 0 Å². The van der Waals surface area contributed by atoms with Crippen molar-refractivity contribution in [2.24, 2.45) is 0 Å². The molecule has 1 aliphatic rings. The number of allylic oxidation sites excluding steroid dienone is 2. The van der Waals surface area contributed by atoms with Crippen molar-refractivity contribution in [1.82, 2.24) is 9.36 Å². The van der Waals surface area contributed by atoms with E-state index in [1.54, 1.807) is 6.92 Å². The van der Waals surface area contributed by atoms with Crippen LogP contribution in [0.25, 0.3) is 0 Å². The maximum atomic E-state index is 12.5. The second-order valence-electron chi connectivity index (χ2n) is 4.19. The number of aromatic nitrogens is 2. The Kier molecular flexibility index (Phi) is 4.61. The van der Waals surface area contributed by atoms with Gasteiger partial charge in [0.2, 0.25) is 0 Å². The smallest absolute Gasteiger partial charge is 0.267 e. The van der Waals surface area contributed by atoms with Crippen LogP contribution in [0.1, 0.15) is 20.3 Å². The van der Waals surface area contributed by atoms with Gasteiger partial charge in [0.05, 0.1) is 9.79 Å². The number of fused-ring (bicyclic) bond motifs is 1. The van der Waals surface area contributed by atoms with Gasteiger partial charge in [-0.2, -0.15) is 10.5 Å². The maximum absolute atomic E-state index is 12.5. The van der Waals surface area contributed by atoms with Crippen LogP contribution < -0.4 is 11.1 Å². The minimum Gasteiger partial charge on any atom is -0.267 e. The van der Waals surface area contributed by atoms with Gasteiger partial charge in [0.1, 0.15) is 21.9 Å². The largest absolute Gasteiger partial charge is 0.280 e. The second kappa shape index (κ2) is 6.25. The Labute approximate surface area is 129 Å². The molecule has 0 fully saturated rings. The quantitative estimate of drug-likeness (QED) is 0.844. The molecule has 0 aromatic carbocycles. The molecule has 1 aromatic rings. The summed E-state index contributed by atoms with van der Waals surface area (Å²) in [5.74, 6) is 0. The minimum absolute atomic E-state index is 0.169. The van der Waals surface area contributed by atoms with Crippen molar-refractivity contribution < 1.29 is 0 Å². The van der Waals surface area contributed by atoms with Crippen LogP contribution in [0.3, 0.4) is 0 Å². The van der Waals surface area contributed by atoms with Crippen molar-refractivity contribution in [2.75, 3.05) is 0 Å². The lowest BCUT2D eigenvalue weighted by molar-refractivity contribution is 0.406. The molecule has 0 aliphatic carbocycles. The van der Waals surface area contributed by atoms with Crippen LogP contribution in [0.2, 0.25) is 0 Å². The molecule has 0 spiro atoms. The summed E-state index contributed by atoms with van der Waals surface area (Å²) in [6, 6.07) is 3.83. The summed E-state index contributed by atoms with van der Waals surface area (Å²) in [7, 11) is 0. The predicted octanol–water partition coefficient (Wildman–Crippen LogP) is 1.90. The molecule has 0 N–H and O–H groups in total. The van der Waals surface area contributed by atoms with Gasteiger partial charge in [-0.1, -0.05) is 30.4 Å². The number of hydrogen-bond acceptors (Lipinski definition) is 6. The van der Waals surface area contributed by atoms with E-state index in [1.165, 1.54) is 9.36 Å². The third-order valence-electron chi connectivity index (χ3n) is 2.91. The van der Waals surface area contributed by atoms with E-state index in [-0.39, 0.29) is 30.7 Å². The van der Waals surface area contributed by atoms with Crippen LogP contribution in [0.5, 0.6) is 0 Å². The van der Waals surface area contributed by atoms with Crippen molar-refractivity contribution in [3.05, 3.63) is 30.5 Å². The van der Waals surface area contributed by atoms with Crippen molar-refractivity contribution in [3.63, 3.8) is 0 Å². The van der Waals surface area contributed by atoms with Crippen LogP contribution in [-0.2, 0) is 13.1 Å². The topological polar surface area (TPSA) is 91.6 Å². The summed E-state index contributed by atoms with van der Waals surface area (Å²) < 4.78 is 2.81. The summed E-state index contributed by atoms with van der Waals surface area (Å²) in [5.41, 5.74) is -0.571. The van der Waals surface area contributed by atoms with E-state index in [4.69, 9.17) is 10.5 Å². The molecule has 8 heteroatoms. The SMILES string of the molecule is CCCn1c(=O)c2c(c(=O)n1CC)SC(C#N)=C(C#N)S2. The van der Waals surface area contributed by atoms with Crippen molar-refractivity contribution in [2.45, 2.75) is 43.1 Å². The Bertz CT molecular complexity index is 821. The number of thioether (sulfide) groups is 2. The lowest BCUT2D eigenvalue weighted by Crippen LogP contribution is -2.40. The summed E-state index contributed by atoms with van der Waals surface area (Å²) in [4.78, 5) is 25.9. The van der Waals surface area contributed by atoms with Gasteiger partial charge in [0.15, 0.2) is 0 Å². The monoisotopic (exact) mass is 320 g/mol. The van der Waals surface area contributed by atoms with E-state index < -0.39 is 0 Å². The van der Waals surface area contributed by atoms with E-state index in [9.17, 15) is 9.59 Å². The van der Waals surface area contributed by atoms with Crippen LogP contribution in [0.4, 0.5) is 0 Å². The minimum atomic E-state index is -0.289. The third kappa shape index (κ3) is 2.53. The molecule has 6 nitrogen and oxygen atoms in total. The highest BCUT2D eigenvalue weighted by Gasteiger charge is 2.27. The first-order valence-corrected chi connectivity index (χ1v) is 8.00. The zero-order valence-corrected chi connectivity index (χ0v) is 13.2. The van der Waals surface area contributed by atoms with Gasteiger partial charge in [-0.25, -0.2) is 9.36 Å². The first-order valence-electron chi connectivity index (χ1n) is 6.37. The average molecular weight is 320 g/mol. The number of nitriles is 2. The standard InChI is InChI=1S/C13H12N4O2S2/c1-3-5-17-13(19)11-10(12(18)16(17)4-2)20-8(6-14)9(7-15)21-11/h3-5H2,1-2H3. The van der Waals surface area contributed by atoms with Gasteiger partial charge in [-0.15, -0.1) is 0 Å². The van der Waals surface area contributed by atoms with E-state index in [0.29, 0.717) is 13.1 Å². The van der Waals surface area contributed by atoms with E-state index >= 15 is 0 Å². The number of rotatable bonds is 3. The maximum Gasteiger partial charge on any atom is 0.280 e. The molecule has 2 heterocycles. The summed E-state index contributed by atoms with van der Waals surface area (Å²) in [5, 5.41) is 18.1. The van der Waals surface area contributed by atoms with Crippen LogP contribution in [0.15, 0.2) is 29.2 Å². The molecule has 0 unspecified atom stereocenters. The van der Waals surface area contributed by atoms with Crippen LogP contribution in [-0.4, -0.2) is 9.36 Å². The summed E-state index contributed by atoms with van der Waals surface area (Å²) in [6.45, 7) is 4.54. The van der Waals surface area contributed by atoms with Crippen molar-refractivity contribution in [1.29, 1.82) is 10.5 Å². The van der Waals surface area contributed by atoms with Gasteiger partial charge in [0.25, 0.3) is 11.1 Å². The molecule has 0 amide bonds. The number of hydrogen-bond donors (Lipinski definition) is 0. The highest BCUT2D eigenvalue weighted by Crippen LogP contribution is 2.42. The van der Waals surface area contributed by atoms with E-state index in [1.807, 2.05) is 19.1 Å². The van der Waals surface area contributed by atoms with Gasteiger partial charge in [0, 0.05) is 13.1 Å². The van der Waals surface area contributed by atoms with Crippen LogP contribution >= 0.6 is 23.5 Å². The first kappa shape index (κ1) is 15.5. The fourth-order valence-corrected chi connectivity index (χ4v) is 4.04. The lowest BCUT2D eigenvalue weighted by Gasteiger charge is -2.19. The van der Waals surface area contributed by atoms with Gasteiger partial charge >= 0.3 is 0 Å². The average Bonchev–Trinajstić information content (AvgIpc) is 2.51. The fourth-order valence-electron chi connectivity index (χ4n) is 2.02. The summed E-state index contributed by atoms with van der Waals surface area (Å²) >= 11 is 1.83. The zero-order valence-electron chi connectivity index (χ0n) is 11.5. The Balaban J connectivity index is 2.76. The van der Waals surface area contributed by atoms with E-state index in [0.717, 1.165) is 29.9 Å². The second-order valence-corrected chi connectivity index (χ2v) is 6.23. The van der Waals surface area contributed by atoms with Gasteiger partial charge in [-0.05, 0) is 13.3 Å². The molecular weight excluding hydrogens is 308 g/mol. The highest BCUT2D eigenvalue weighted by atomic mass is 32.2. The predicted molar refractivity (Wildman–Crippen MR) is 80.9 cm³/mol. The molecule has 1 aromatic heterocycles. The molecule has 21 heavy (non-hydrogen) atoms. The first-order chi connectivity index (χ1) is 10.1. The van der Waals surface area contributed by atoms with E-state index in [2.05, 4.69) is 0 Å². The normalized spacial score (nSPS) is 13.5. The molecular formula is C13H12N4O2S2. The molecule has 0 saturated carbocycles. The molecule has 0 bridgehead atoms. The molecule has 1 aliphatic heterocycles. The third-order valence-corrected chi connectivity index (χ3v) is 5.33. The fraction of sp³-hybridized carbons (Fsp3) is 0.385.